The highest BCUT2D eigenvalue weighted by Gasteiger charge is 2.28. The zero-order valence-corrected chi connectivity index (χ0v) is 28.7. The van der Waals surface area contributed by atoms with Crippen molar-refractivity contribution >= 4 is 64.8 Å². The maximum atomic E-state index is 12.8. The summed E-state index contributed by atoms with van der Waals surface area (Å²) in [6.07, 6.45) is 0.168. The molecule has 48 heavy (non-hydrogen) atoms. The van der Waals surface area contributed by atoms with Crippen molar-refractivity contribution < 1.29 is 28.7 Å². The average molecular weight is 690 g/mol. The average Bonchev–Trinajstić information content (AvgIpc) is 2.93. The first-order valence-corrected chi connectivity index (χ1v) is 15.3. The molecule has 0 aliphatic heterocycles. The molecule has 4 amide bonds. The lowest BCUT2D eigenvalue weighted by Crippen LogP contribution is -2.50. The number of aryl methyl sites for hydroxylation is 1. The van der Waals surface area contributed by atoms with Gasteiger partial charge in [-0.25, -0.2) is 24.5 Å². The Morgan fingerprint density at radius 1 is 0.938 bits per heavy atom. The number of hydrogen-bond acceptors (Lipinski definition) is 12. The van der Waals surface area contributed by atoms with Gasteiger partial charge in [-0.15, -0.1) is 0 Å². The van der Waals surface area contributed by atoms with Gasteiger partial charge in [0.15, 0.2) is 28.4 Å². The summed E-state index contributed by atoms with van der Waals surface area (Å²) in [5.74, 6) is -2.12. The zero-order chi connectivity index (χ0) is 36.2. The molecule has 0 bridgehead atoms. The second kappa shape index (κ2) is 17.1. The van der Waals surface area contributed by atoms with E-state index < -0.39 is 41.2 Å². The summed E-state index contributed by atoms with van der Waals surface area (Å²) in [5.41, 5.74) is 16.6. The Labute approximate surface area is 283 Å². The molecule has 0 aliphatic carbocycles. The van der Waals surface area contributed by atoms with Gasteiger partial charge in [-0.2, -0.15) is 0 Å². The summed E-state index contributed by atoms with van der Waals surface area (Å²) in [7, 11) is 0. The third kappa shape index (κ3) is 14.1. The smallest absolute Gasteiger partial charge is 0.417 e. The van der Waals surface area contributed by atoms with E-state index in [2.05, 4.69) is 30.9 Å². The van der Waals surface area contributed by atoms with Crippen LogP contribution in [0.1, 0.15) is 76.9 Å². The van der Waals surface area contributed by atoms with Crippen LogP contribution in [0.2, 0.25) is 5.15 Å². The summed E-state index contributed by atoms with van der Waals surface area (Å²) >= 11 is 5.80. The van der Waals surface area contributed by atoms with Crippen molar-refractivity contribution in [3.8, 4) is 0 Å². The van der Waals surface area contributed by atoms with Gasteiger partial charge >= 0.3 is 12.2 Å². The molecule has 0 spiro atoms. The Balaban J connectivity index is 1.84. The molecule has 0 aliphatic rings. The van der Waals surface area contributed by atoms with Gasteiger partial charge in [0, 0.05) is 25.2 Å². The molecule has 0 unspecified atom stereocenters. The van der Waals surface area contributed by atoms with Gasteiger partial charge < -0.3 is 32.0 Å². The third-order valence-corrected chi connectivity index (χ3v) is 6.10. The predicted octanol–water partition coefficient (Wildman–Crippen LogP) is 3.39. The molecular weight excluding hydrogens is 646 g/mol. The number of aromatic nitrogens is 2. The largest absolute Gasteiger partial charge is 0.444 e. The van der Waals surface area contributed by atoms with Gasteiger partial charge in [0.05, 0.1) is 0 Å². The Bertz CT molecular complexity index is 1520. The predicted molar refractivity (Wildman–Crippen MR) is 182 cm³/mol. The minimum Gasteiger partial charge on any atom is -0.444 e. The Morgan fingerprint density at radius 3 is 2.17 bits per heavy atom. The van der Waals surface area contributed by atoms with Crippen LogP contribution < -0.4 is 33.2 Å². The van der Waals surface area contributed by atoms with Gasteiger partial charge in [-0.05, 0) is 78.5 Å². The fourth-order valence-corrected chi connectivity index (χ4v) is 3.86. The van der Waals surface area contributed by atoms with Crippen LogP contribution >= 0.6 is 11.6 Å². The van der Waals surface area contributed by atoms with E-state index in [1.165, 1.54) is 0 Å². The van der Waals surface area contributed by atoms with E-state index in [1.54, 1.807) is 53.7 Å². The van der Waals surface area contributed by atoms with E-state index in [1.807, 2.05) is 12.1 Å². The van der Waals surface area contributed by atoms with Crippen molar-refractivity contribution in [1.82, 2.24) is 25.5 Å². The molecule has 17 nitrogen and oxygen atoms in total. The SMILES string of the molecule is CC(C)(C)OC(=O)NC(=N)N(CCC(=O)Nc1ccc(CCCCN=C(N)NC(=O)c2nc(Cl)c(N)nc2N)cc1)C(=O)OC(C)(C)C. The van der Waals surface area contributed by atoms with E-state index in [4.69, 9.17) is 43.7 Å². The molecule has 0 atom stereocenters. The maximum Gasteiger partial charge on any atom is 0.417 e. The van der Waals surface area contributed by atoms with Gasteiger partial charge in [0.2, 0.25) is 11.9 Å². The summed E-state index contributed by atoms with van der Waals surface area (Å²) in [6, 6.07) is 7.22. The molecule has 18 heteroatoms. The first-order valence-electron chi connectivity index (χ1n) is 14.9. The lowest BCUT2D eigenvalue weighted by Gasteiger charge is -2.28. The van der Waals surface area contributed by atoms with E-state index in [0.29, 0.717) is 18.7 Å². The van der Waals surface area contributed by atoms with Crippen LogP contribution in [0.3, 0.4) is 0 Å². The highest BCUT2D eigenvalue weighted by molar-refractivity contribution is 6.31. The van der Waals surface area contributed by atoms with Crippen LogP contribution in [-0.2, 0) is 20.7 Å². The molecule has 1 heterocycles. The lowest BCUT2D eigenvalue weighted by molar-refractivity contribution is -0.116. The summed E-state index contributed by atoms with van der Waals surface area (Å²) in [6.45, 7) is 10.1. The van der Waals surface area contributed by atoms with Crippen LogP contribution in [0.5, 0.6) is 0 Å². The van der Waals surface area contributed by atoms with Crippen molar-refractivity contribution in [2.24, 2.45) is 10.7 Å². The number of ether oxygens (including phenoxy) is 2. The van der Waals surface area contributed by atoms with Gasteiger partial charge in [0.25, 0.3) is 5.91 Å². The van der Waals surface area contributed by atoms with Crippen LogP contribution in [0.25, 0.3) is 0 Å². The normalized spacial score (nSPS) is 11.7. The number of nitrogens with one attached hydrogen (secondary N) is 4. The molecule has 1 aromatic heterocycles. The maximum absolute atomic E-state index is 12.8. The number of hydrogen-bond donors (Lipinski definition) is 7. The molecule has 2 aromatic rings. The van der Waals surface area contributed by atoms with Crippen molar-refractivity contribution in [1.29, 1.82) is 5.41 Å². The van der Waals surface area contributed by atoms with Crippen molar-refractivity contribution in [3.63, 3.8) is 0 Å². The van der Waals surface area contributed by atoms with Crippen molar-refractivity contribution in [3.05, 3.63) is 40.7 Å². The van der Waals surface area contributed by atoms with Gasteiger partial charge in [-0.1, -0.05) is 23.7 Å². The fourth-order valence-electron chi connectivity index (χ4n) is 3.73. The molecule has 10 N–H and O–H groups in total. The van der Waals surface area contributed by atoms with E-state index >= 15 is 0 Å². The number of benzene rings is 1. The molecule has 262 valence electrons. The Morgan fingerprint density at radius 2 is 1.56 bits per heavy atom. The second-order valence-electron chi connectivity index (χ2n) is 12.4. The highest BCUT2D eigenvalue weighted by atomic mass is 35.5. The third-order valence-electron chi connectivity index (χ3n) is 5.82. The Kier molecular flexibility index (Phi) is 13.9. The minimum atomic E-state index is -0.922. The lowest BCUT2D eigenvalue weighted by atomic mass is 10.1. The summed E-state index contributed by atoms with van der Waals surface area (Å²) < 4.78 is 10.5. The number of carbonyl (C=O) groups is 4. The first-order chi connectivity index (χ1) is 22.2. The topological polar surface area (TPSA) is 266 Å². The van der Waals surface area contributed by atoms with Crippen LogP contribution in [0.4, 0.5) is 26.9 Å². The number of alkyl carbamates (subject to hydrolysis) is 1. The van der Waals surface area contributed by atoms with Crippen LogP contribution in [0.15, 0.2) is 29.3 Å². The highest BCUT2D eigenvalue weighted by Crippen LogP contribution is 2.17. The van der Waals surface area contributed by atoms with Crippen LogP contribution in [0, 0.1) is 5.41 Å². The number of nitrogen functional groups attached to an aromatic ring is 2. The number of carbonyl (C=O) groups excluding carboxylic acids is 4. The van der Waals surface area contributed by atoms with E-state index in [0.717, 1.165) is 23.3 Å². The number of guanidine groups is 2. The number of unbranched alkanes of at least 4 members (excludes halogenated alkanes) is 1. The molecule has 0 saturated carbocycles. The number of amides is 4. The molecular formula is C30H44ClN11O6. The summed E-state index contributed by atoms with van der Waals surface area (Å²) in [4.78, 5) is 62.5. The van der Waals surface area contributed by atoms with Crippen molar-refractivity contribution in [2.75, 3.05) is 29.9 Å². The quantitative estimate of drug-likeness (QED) is 0.108. The first kappa shape index (κ1) is 39.0. The molecule has 1 aromatic carbocycles. The number of rotatable bonds is 10. The second-order valence-corrected chi connectivity index (χ2v) is 12.8. The van der Waals surface area contributed by atoms with Gasteiger partial charge in [-0.3, -0.25) is 30.6 Å². The van der Waals surface area contributed by atoms with Gasteiger partial charge in [0.1, 0.15) is 11.2 Å². The van der Waals surface area contributed by atoms with E-state index in [9.17, 15) is 19.2 Å². The number of anilines is 3. The minimum absolute atomic E-state index is 0.0963. The standard InChI is InChI=1S/C30H44ClN11O6/c1-29(2,3)47-27(45)41-26(35)42(28(46)48-30(4,5)6)16-14-19(43)37-18-12-10-17(11-13-18)9-7-8-15-36-25(34)40-24(44)20-22(32)39-23(33)21(31)38-20/h10-13H,7-9,14-16H2,1-6H3,(H,37,43)(H4,32,33,39)(H2,35,41,45)(H3,34,36,40,44). The van der Waals surface area contributed by atoms with Crippen molar-refractivity contribution in [2.45, 2.75) is 78.4 Å². The molecule has 0 radical (unpaired) electrons. The fraction of sp³-hybridized carbons (Fsp3) is 0.467. The Hall–Kier alpha value is -5.19. The molecule has 0 saturated heterocycles. The summed E-state index contributed by atoms with van der Waals surface area (Å²) in [5, 5.41) is 15.4. The monoisotopic (exact) mass is 689 g/mol. The zero-order valence-electron chi connectivity index (χ0n) is 27.9. The molecule has 0 fully saturated rings. The van der Waals surface area contributed by atoms with Crippen LogP contribution in [-0.4, -0.2) is 75.1 Å². The molecule has 2 rings (SSSR count). The number of aliphatic imine (C=N–C) groups is 1. The number of halogens is 1. The van der Waals surface area contributed by atoms with E-state index in [-0.39, 0.29) is 41.4 Å². The number of nitrogens with two attached hydrogens (primary N) is 3. The number of nitrogens with zero attached hydrogens (tertiary/aromatic N) is 4.